The van der Waals surface area contributed by atoms with Gasteiger partial charge in [0.1, 0.15) is 5.75 Å². The maximum absolute atomic E-state index is 13.0. The molecule has 4 rings (SSSR count). The standard InChI is InChI=1S/C18H18N6O2/c1-24-14-6-4-3-5-13(14)18(15(24)25)22-16(19)21-17(23-18)20-11-7-9-12(26-2)10-8-11/h3-10H,1-2H3,(H4,19,20,21,22,23)/t18-/m1/s1. The van der Waals surface area contributed by atoms with E-state index in [9.17, 15) is 4.79 Å². The van der Waals surface area contributed by atoms with E-state index in [4.69, 9.17) is 10.5 Å². The van der Waals surface area contributed by atoms with E-state index in [1.165, 1.54) is 0 Å². The minimum Gasteiger partial charge on any atom is -0.497 e. The van der Waals surface area contributed by atoms with Crippen LogP contribution in [0, 0.1) is 0 Å². The van der Waals surface area contributed by atoms with Gasteiger partial charge in [0, 0.05) is 18.3 Å². The minimum atomic E-state index is -1.41. The van der Waals surface area contributed by atoms with Crippen molar-refractivity contribution in [2.24, 2.45) is 15.7 Å². The molecular formula is C18H18N6O2. The summed E-state index contributed by atoms with van der Waals surface area (Å²) in [5.74, 6) is 0.959. The third kappa shape index (κ3) is 2.34. The van der Waals surface area contributed by atoms with Crippen LogP contribution in [0.15, 0.2) is 58.5 Å². The number of benzene rings is 2. The number of ether oxygens (including phenoxy) is 1. The lowest BCUT2D eigenvalue weighted by Gasteiger charge is -2.26. The SMILES string of the molecule is COc1ccc(NC2=N[C@@]3(N=C(N)N2)C(=O)N(C)c2ccccc23)cc1. The maximum atomic E-state index is 13.0. The number of carbonyl (C=O) groups excluding carboxylic acids is 1. The fourth-order valence-corrected chi connectivity index (χ4v) is 3.14. The molecule has 2 aliphatic heterocycles. The van der Waals surface area contributed by atoms with E-state index in [1.807, 2.05) is 48.5 Å². The zero-order valence-corrected chi connectivity index (χ0v) is 14.4. The molecule has 26 heavy (non-hydrogen) atoms. The number of hydrogen-bond donors (Lipinski definition) is 3. The molecule has 1 atom stereocenters. The molecule has 0 saturated carbocycles. The average molecular weight is 350 g/mol. The van der Waals surface area contributed by atoms with Crippen LogP contribution in [0.4, 0.5) is 11.4 Å². The molecule has 0 aliphatic carbocycles. The van der Waals surface area contributed by atoms with Crippen LogP contribution in [0.2, 0.25) is 0 Å². The first-order chi connectivity index (χ1) is 12.5. The molecule has 8 heteroatoms. The number of carbonyl (C=O) groups is 1. The van der Waals surface area contributed by atoms with Gasteiger partial charge < -0.3 is 20.7 Å². The molecule has 2 aromatic rings. The van der Waals surface area contributed by atoms with Gasteiger partial charge >= 0.3 is 0 Å². The highest BCUT2D eigenvalue weighted by atomic mass is 16.5. The second-order valence-corrected chi connectivity index (χ2v) is 5.99. The molecule has 2 aromatic carbocycles. The van der Waals surface area contributed by atoms with Gasteiger partial charge in [0.05, 0.1) is 12.8 Å². The van der Waals surface area contributed by atoms with Gasteiger partial charge in [-0.05, 0) is 30.3 Å². The highest BCUT2D eigenvalue weighted by Crippen LogP contribution is 2.43. The number of amides is 1. The largest absolute Gasteiger partial charge is 0.497 e. The molecule has 0 unspecified atom stereocenters. The molecule has 4 N–H and O–H groups in total. The van der Waals surface area contributed by atoms with E-state index in [2.05, 4.69) is 20.6 Å². The molecule has 0 bridgehead atoms. The molecule has 2 heterocycles. The number of hydrogen-bond acceptors (Lipinski definition) is 7. The summed E-state index contributed by atoms with van der Waals surface area (Å²) < 4.78 is 5.15. The van der Waals surface area contributed by atoms with Gasteiger partial charge in [-0.1, -0.05) is 18.2 Å². The summed E-state index contributed by atoms with van der Waals surface area (Å²) in [6.45, 7) is 0. The van der Waals surface area contributed by atoms with Gasteiger partial charge in [0.2, 0.25) is 5.96 Å². The predicted octanol–water partition coefficient (Wildman–Crippen LogP) is 1.21. The van der Waals surface area contributed by atoms with Gasteiger partial charge in [-0.3, -0.25) is 10.1 Å². The van der Waals surface area contributed by atoms with E-state index in [0.29, 0.717) is 11.5 Å². The number of methoxy groups -OCH3 is 1. The Kier molecular flexibility index (Phi) is 3.54. The van der Waals surface area contributed by atoms with E-state index < -0.39 is 5.66 Å². The number of anilines is 2. The van der Waals surface area contributed by atoms with Crippen molar-refractivity contribution < 1.29 is 9.53 Å². The molecular weight excluding hydrogens is 332 g/mol. The number of guanidine groups is 2. The van der Waals surface area contributed by atoms with E-state index in [1.54, 1.807) is 19.1 Å². The second kappa shape index (κ2) is 5.76. The Balaban J connectivity index is 1.74. The lowest BCUT2D eigenvalue weighted by atomic mass is 10.0. The zero-order valence-electron chi connectivity index (χ0n) is 14.4. The minimum absolute atomic E-state index is 0.120. The van der Waals surface area contributed by atoms with Crippen molar-refractivity contribution in [3.63, 3.8) is 0 Å². The Morgan fingerprint density at radius 3 is 2.62 bits per heavy atom. The van der Waals surface area contributed by atoms with Crippen molar-refractivity contribution in [2.45, 2.75) is 5.66 Å². The average Bonchev–Trinajstić information content (AvgIpc) is 2.84. The monoisotopic (exact) mass is 350 g/mol. The van der Waals surface area contributed by atoms with Gasteiger partial charge in [-0.25, -0.2) is 9.98 Å². The molecule has 0 fully saturated rings. The third-order valence-electron chi connectivity index (χ3n) is 4.40. The van der Waals surface area contributed by atoms with Crippen molar-refractivity contribution in [1.82, 2.24) is 5.32 Å². The summed E-state index contributed by atoms with van der Waals surface area (Å²) >= 11 is 0. The third-order valence-corrected chi connectivity index (χ3v) is 4.40. The van der Waals surface area contributed by atoms with Crippen LogP contribution in [0.1, 0.15) is 5.56 Å². The van der Waals surface area contributed by atoms with Crippen molar-refractivity contribution in [3.8, 4) is 5.75 Å². The molecule has 132 valence electrons. The van der Waals surface area contributed by atoms with Crippen LogP contribution in [0.25, 0.3) is 0 Å². The summed E-state index contributed by atoms with van der Waals surface area (Å²) in [7, 11) is 3.31. The first kappa shape index (κ1) is 15.9. The highest BCUT2D eigenvalue weighted by molar-refractivity contribution is 6.14. The molecule has 0 aromatic heterocycles. The van der Waals surface area contributed by atoms with Crippen LogP contribution < -0.4 is 26.0 Å². The van der Waals surface area contributed by atoms with Gasteiger partial charge in [-0.2, -0.15) is 0 Å². The Bertz CT molecular complexity index is 937. The number of nitrogens with zero attached hydrogens (tertiary/aromatic N) is 3. The molecule has 8 nitrogen and oxygen atoms in total. The molecule has 2 aliphatic rings. The van der Waals surface area contributed by atoms with Crippen LogP contribution >= 0.6 is 0 Å². The Morgan fingerprint density at radius 2 is 1.88 bits per heavy atom. The van der Waals surface area contributed by atoms with Crippen molar-refractivity contribution in [2.75, 3.05) is 24.4 Å². The van der Waals surface area contributed by atoms with E-state index in [-0.39, 0.29) is 11.9 Å². The smallest absolute Gasteiger partial charge is 0.282 e. The molecule has 0 radical (unpaired) electrons. The van der Waals surface area contributed by atoms with Gasteiger partial charge in [0.25, 0.3) is 11.6 Å². The fourth-order valence-electron chi connectivity index (χ4n) is 3.14. The van der Waals surface area contributed by atoms with E-state index >= 15 is 0 Å². The first-order valence-electron chi connectivity index (χ1n) is 8.04. The van der Waals surface area contributed by atoms with Crippen LogP contribution in [-0.2, 0) is 10.5 Å². The van der Waals surface area contributed by atoms with Gasteiger partial charge in [-0.15, -0.1) is 0 Å². The number of aliphatic imine (C=N–C) groups is 2. The summed E-state index contributed by atoms with van der Waals surface area (Å²) in [5, 5.41) is 6.01. The normalized spacial score (nSPS) is 21.0. The quantitative estimate of drug-likeness (QED) is 0.755. The van der Waals surface area contributed by atoms with Crippen LogP contribution in [-0.4, -0.2) is 32.0 Å². The summed E-state index contributed by atoms with van der Waals surface area (Å²) in [4.78, 5) is 23.4. The van der Waals surface area contributed by atoms with Crippen molar-refractivity contribution in [3.05, 3.63) is 54.1 Å². The fraction of sp³-hybridized carbons (Fsp3) is 0.167. The second-order valence-electron chi connectivity index (χ2n) is 5.99. The number of nitrogens with one attached hydrogen (secondary N) is 2. The number of para-hydroxylation sites is 1. The lowest BCUT2D eigenvalue weighted by molar-refractivity contribution is -0.122. The summed E-state index contributed by atoms with van der Waals surface area (Å²) in [6, 6.07) is 14.8. The number of fused-ring (bicyclic) bond motifs is 2. The Hall–Kier alpha value is -3.55. The number of nitrogens with two attached hydrogens (primary N) is 1. The number of likely N-dealkylation sites (N-methyl/N-ethyl adjacent to an activating group) is 1. The maximum Gasteiger partial charge on any atom is 0.282 e. The molecule has 0 saturated heterocycles. The zero-order chi connectivity index (χ0) is 18.3. The predicted molar refractivity (Wildman–Crippen MR) is 100 cm³/mol. The van der Waals surface area contributed by atoms with E-state index in [0.717, 1.165) is 17.1 Å². The van der Waals surface area contributed by atoms with Gasteiger partial charge in [0.15, 0.2) is 5.96 Å². The Labute approximate surface area is 150 Å². The lowest BCUT2D eigenvalue weighted by Crippen LogP contribution is -2.50. The van der Waals surface area contributed by atoms with Crippen LogP contribution in [0.5, 0.6) is 5.75 Å². The summed E-state index contributed by atoms with van der Waals surface area (Å²) in [6.07, 6.45) is 0. The van der Waals surface area contributed by atoms with Crippen LogP contribution in [0.3, 0.4) is 0 Å². The first-order valence-corrected chi connectivity index (χ1v) is 8.04. The van der Waals surface area contributed by atoms with Crippen molar-refractivity contribution >= 4 is 29.2 Å². The summed E-state index contributed by atoms with van der Waals surface area (Å²) in [5.41, 5.74) is 6.80. The topological polar surface area (TPSA) is 104 Å². The number of rotatable bonds is 2. The Morgan fingerprint density at radius 1 is 1.15 bits per heavy atom. The molecule has 1 spiro atoms. The highest BCUT2D eigenvalue weighted by Gasteiger charge is 2.52. The molecule has 1 amide bonds. The van der Waals surface area contributed by atoms with Crippen molar-refractivity contribution in [1.29, 1.82) is 0 Å².